The SMILES string of the molecule is C=CC(=O)Nc1ccc(OCc2cccc(Cl)c2Cl)c(F)c1. The van der Waals surface area contributed by atoms with E-state index in [9.17, 15) is 9.18 Å². The van der Waals surface area contributed by atoms with Crippen molar-refractivity contribution in [3.05, 3.63) is 70.5 Å². The van der Waals surface area contributed by atoms with Crippen molar-refractivity contribution in [1.82, 2.24) is 0 Å². The van der Waals surface area contributed by atoms with Gasteiger partial charge in [-0.05, 0) is 24.3 Å². The fourth-order valence-corrected chi connectivity index (χ4v) is 2.08. The molecule has 6 heteroatoms. The van der Waals surface area contributed by atoms with E-state index < -0.39 is 11.7 Å². The maximum absolute atomic E-state index is 13.9. The molecule has 0 fully saturated rings. The van der Waals surface area contributed by atoms with Gasteiger partial charge >= 0.3 is 0 Å². The smallest absolute Gasteiger partial charge is 0.247 e. The molecule has 0 saturated heterocycles. The lowest BCUT2D eigenvalue weighted by Gasteiger charge is -2.10. The molecule has 2 rings (SSSR count). The zero-order valence-corrected chi connectivity index (χ0v) is 12.9. The lowest BCUT2D eigenvalue weighted by Crippen LogP contribution is -2.07. The second-order valence-electron chi connectivity index (χ2n) is 4.34. The monoisotopic (exact) mass is 339 g/mol. The largest absolute Gasteiger partial charge is 0.486 e. The summed E-state index contributed by atoms with van der Waals surface area (Å²) in [7, 11) is 0. The van der Waals surface area contributed by atoms with Gasteiger partial charge in [-0.1, -0.05) is 41.9 Å². The Balaban J connectivity index is 2.09. The summed E-state index contributed by atoms with van der Waals surface area (Å²) < 4.78 is 19.3. The van der Waals surface area contributed by atoms with Crippen LogP contribution in [0.25, 0.3) is 0 Å². The highest BCUT2D eigenvalue weighted by Crippen LogP contribution is 2.28. The van der Waals surface area contributed by atoms with Crippen LogP contribution in [0.3, 0.4) is 0 Å². The van der Waals surface area contributed by atoms with Gasteiger partial charge in [-0.3, -0.25) is 4.79 Å². The highest BCUT2D eigenvalue weighted by atomic mass is 35.5. The Morgan fingerprint density at radius 3 is 2.77 bits per heavy atom. The number of hydrogen-bond acceptors (Lipinski definition) is 2. The molecule has 0 aromatic heterocycles. The summed E-state index contributed by atoms with van der Waals surface area (Å²) in [6, 6.07) is 9.25. The number of anilines is 1. The van der Waals surface area contributed by atoms with Crippen LogP contribution in [0.2, 0.25) is 10.0 Å². The van der Waals surface area contributed by atoms with E-state index in [-0.39, 0.29) is 12.4 Å². The first kappa shape index (κ1) is 16.3. The molecule has 0 aliphatic rings. The number of nitrogens with one attached hydrogen (secondary N) is 1. The molecule has 0 bridgehead atoms. The fraction of sp³-hybridized carbons (Fsp3) is 0.0625. The minimum atomic E-state index is -0.597. The summed E-state index contributed by atoms with van der Waals surface area (Å²) in [4.78, 5) is 11.1. The molecule has 0 aliphatic carbocycles. The molecule has 22 heavy (non-hydrogen) atoms. The molecule has 0 radical (unpaired) electrons. The minimum Gasteiger partial charge on any atom is -0.486 e. The van der Waals surface area contributed by atoms with Crippen LogP contribution in [-0.2, 0) is 11.4 Å². The zero-order valence-electron chi connectivity index (χ0n) is 11.4. The summed E-state index contributed by atoms with van der Waals surface area (Å²) in [6.45, 7) is 3.40. The van der Waals surface area contributed by atoms with Crippen LogP contribution < -0.4 is 10.1 Å². The van der Waals surface area contributed by atoms with Crippen molar-refractivity contribution in [3.63, 3.8) is 0 Å². The van der Waals surface area contributed by atoms with Crippen molar-refractivity contribution in [1.29, 1.82) is 0 Å². The second kappa shape index (κ2) is 7.29. The van der Waals surface area contributed by atoms with Crippen LogP contribution >= 0.6 is 23.2 Å². The molecular formula is C16H12Cl2FNO2. The second-order valence-corrected chi connectivity index (χ2v) is 5.13. The maximum atomic E-state index is 13.9. The quantitative estimate of drug-likeness (QED) is 0.792. The predicted octanol–water partition coefficient (Wildman–Crippen LogP) is 4.84. The van der Waals surface area contributed by atoms with Crippen LogP contribution in [0.15, 0.2) is 49.1 Å². The summed E-state index contributed by atoms with van der Waals surface area (Å²) in [6.07, 6.45) is 1.10. The van der Waals surface area contributed by atoms with Crippen LogP contribution in [0.4, 0.5) is 10.1 Å². The molecular weight excluding hydrogens is 328 g/mol. The van der Waals surface area contributed by atoms with Crippen LogP contribution in [0, 0.1) is 5.82 Å². The molecule has 114 valence electrons. The van der Waals surface area contributed by atoms with Gasteiger partial charge in [0.2, 0.25) is 5.91 Å². The molecule has 2 aromatic rings. The van der Waals surface area contributed by atoms with E-state index in [1.54, 1.807) is 18.2 Å². The van der Waals surface area contributed by atoms with Crippen LogP contribution in [-0.4, -0.2) is 5.91 Å². The third-order valence-electron chi connectivity index (χ3n) is 2.80. The third-order valence-corrected chi connectivity index (χ3v) is 3.66. The summed E-state index contributed by atoms with van der Waals surface area (Å²) >= 11 is 11.9. The van der Waals surface area contributed by atoms with E-state index in [1.165, 1.54) is 12.1 Å². The number of rotatable bonds is 5. The van der Waals surface area contributed by atoms with Gasteiger partial charge in [0.1, 0.15) is 6.61 Å². The topological polar surface area (TPSA) is 38.3 Å². The Bertz CT molecular complexity index is 719. The summed E-state index contributed by atoms with van der Waals surface area (Å²) in [5, 5.41) is 3.24. The first-order chi connectivity index (χ1) is 10.5. The maximum Gasteiger partial charge on any atom is 0.247 e. The Morgan fingerprint density at radius 2 is 2.09 bits per heavy atom. The van der Waals surface area contributed by atoms with Crippen molar-refractivity contribution >= 4 is 34.8 Å². The van der Waals surface area contributed by atoms with Gasteiger partial charge in [-0.2, -0.15) is 0 Å². The van der Waals surface area contributed by atoms with E-state index >= 15 is 0 Å². The summed E-state index contributed by atoms with van der Waals surface area (Å²) in [5.41, 5.74) is 0.966. The number of amides is 1. The highest BCUT2D eigenvalue weighted by molar-refractivity contribution is 6.42. The Labute approximate surface area is 137 Å². The molecule has 0 heterocycles. The first-order valence-corrected chi connectivity index (χ1v) is 7.05. The number of carbonyl (C=O) groups excluding carboxylic acids is 1. The van der Waals surface area contributed by atoms with E-state index in [0.29, 0.717) is 21.3 Å². The molecule has 1 N–H and O–H groups in total. The van der Waals surface area contributed by atoms with Gasteiger partial charge in [-0.25, -0.2) is 4.39 Å². The van der Waals surface area contributed by atoms with Gasteiger partial charge in [0.25, 0.3) is 0 Å². The third kappa shape index (κ3) is 4.00. The van der Waals surface area contributed by atoms with Gasteiger partial charge in [0.15, 0.2) is 11.6 Å². The lowest BCUT2D eigenvalue weighted by molar-refractivity contribution is -0.111. The fourth-order valence-electron chi connectivity index (χ4n) is 1.70. The van der Waals surface area contributed by atoms with Gasteiger partial charge in [-0.15, -0.1) is 0 Å². The zero-order chi connectivity index (χ0) is 16.1. The van der Waals surface area contributed by atoms with Gasteiger partial charge in [0.05, 0.1) is 10.0 Å². The molecule has 0 saturated carbocycles. The Hall–Kier alpha value is -2.04. The van der Waals surface area contributed by atoms with Crippen molar-refractivity contribution in [2.24, 2.45) is 0 Å². The standard InChI is InChI=1S/C16H12Cl2FNO2/c1-2-15(21)20-11-6-7-14(13(19)8-11)22-9-10-4-3-5-12(17)16(10)18/h2-8H,1,9H2,(H,20,21). The number of ether oxygens (including phenoxy) is 1. The minimum absolute atomic E-state index is 0.0487. The molecule has 3 nitrogen and oxygen atoms in total. The van der Waals surface area contributed by atoms with Gasteiger partial charge < -0.3 is 10.1 Å². The number of hydrogen-bond donors (Lipinski definition) is 1. The van der Waals surface area contributed by atoms with Crippen LogP contribution in [0.5, 0.6) is 5.75 Å². The van der Waals surface area contributed by atoms with Crippen molar-refractivity contribution in [2.45, 2.75) is 6.61 Å². The van der Waals surface area contributed by atoms with Gasteiger partial charge in [0, 0.05) is 17.3 Å². The van der Waals surface area contributed by atoms with Crippen molar-refractivity contribution < 1.29 is 13.9 Å². The van der Waals surface area contributed by atoms with E-state index in [2.05, 4.69) is 11.9 Å². The first-order valence-electron chi connectivity index (χ1n) is 6.30. The number of benzene rings is 2. The molecule has 1 amide bonds. The Morgan fingerprint density at radius 1 is 1.32 bits per heavy atom. The van der Waals surface area contributed by atoms with E-state index in [1.807, 2.05) is 0 Å². The average Bonchev–Trinajstić information content (AvgIpc) is 2.50. The van der Waals surface area contributed by atoms with Crippen molar-refractivity contribution in [3.8, 4) is 5.75 Å². The number of halogens is 3. The molecule has 2 aromatic carbocycles. The molecule has 0 spiro atoms. The summed E-state index contributed by atoms with van der Waals surface area (Å²) in [5.74, 6) is -0.966. The lowest BCUT2D eigenvalue weighted by atomic mass is 10.2. The predicted molar refractivity (Wildman–Crippen MR) is 86.0 cm³/mol. The Kier molecular flexibility index (Phi) is 5.41. The van der Waals surface area contributed by atoms with Crippen molar-refractivity contribution in [2.75, 3.05) is 5.32 Å². The van der Waals surface area contributed by atoms with E-state index in [0.717, 1.165) is 12.1 Å². The normalized spacial score (nSPS) is 10.1. The van der Waals surface area contributed by atoms with E-state index in [4.69, 9.17) is 27.9 Å². The average molecular weight is 340 g/mol. The number of carbonyl (C=O) groups is 1. The molecule has 0 aliphatic heterocycles. The molecule has 0 atom stereocenters. The highest BCUT2D eigenvalue weighted by Gasteiger charge is 2.09. The molecule has 0 unspecified atom stereocenters. The van der Waals surface area contributed by atoms with Crippen LogP contribution in [0.1, 0.15) is 5.56 Å².